The van der Waals surface area contributed by atoms with Crippen LogP contribution in [0.3, 0.4) is 0 Å². The summed E-state index contributed by atoms with van der Waals surface area (Å²) < 4.78 is 31.5. The van der Waals surface area contributed by atoms with Gasteiger partial charge in [-0.3, -0.25) is 19.7 Å². The van der Waals surface area contributed by atoms with Crippen LogP contribution < -0.4 is 15.8 Å². The van der Waals surface area contributed by atoms with Crippen molar-refractivity contribution in [3.8, 4) is 28.6 Å². The molecule has 0 atom stereocenters. The van der Waals surface area contributed by atoms with Crippen molar-refractivity contribution in [3.63, 3.8) is 0 Å². The molecule has 0 aliphatic heterocycles. The van der Waals surface area contributed by atoms with E-state index in [0.717, 1.165) is 11.8 Å². The van der Waals surface area contributed by atoms with E-state index in [2.05, 4.69) is 31.3 Å². The average molecular weight is 691 g/mol. The Morgan fingerprint density at radius 3 is 2.46 bits per heavy atom. The van der Waals surface area contributed by atoms with Gasteiger partial charge in [-0.15, -0.1) is 0 Å². The minimum absolute atomic E-state index is 0.0212. The fourth-order valence-corrected chi connectivity index (χ4v) is 6.42. The number of ether oxygens (including phenoxy) is 1. The Morgan fingerprint density at radius 2 is 1.78 bits per heavy atom. The smallest absolute Gasteiger partial charge is 0.414 e. The SMILES string of the molecule is Cn1ccc(-c2ccc(N(C(=O)OCc3ccccc3)C3CCC(Nc4ncc(C#N)c(-c5cncc(S(C)(=O)=O)c5)n4)CC3)cn2)cc1=O. The summed E-state index contributed by atoms with van der Waals surface area (Å²) in [5, 5.41) is 13.0. The molecule has 1 saturated carbocycles. The van der Waals surface area contributed by atoms with E-state index >= 15 is 0 Å². The monoisotopic (exact) mass is 690 g/mol. The first-order chi connectivity index (χ1) is 24.1. The number of aryl methyl sites for hydroxylation is 1. The van der Waals surface area contributed by atoms with Crippen LogP contribution in [0.2, 0.25) is 0 Å². The van der Waals surface area contributed by atoms with Gasteiger partial charge >= 0.3 is 6.09 Å². The largest absolute Gasteiger partial charge is 0.444 e. The van der Waals surface area contributed by atoms with Crippen molar-refractivity contribution in [2.45, 2.75) is 49.3 Å². The molecule has 1 aliphatic carbocycles. The first-order valence-corrected chi connectivity index (χ1v) is 17.8. The van der Waals surface area contributed by atoms with Gasteiger partial charge in [0, 0.05) is 61.2 Å². The second-order valence-electron chi connectivity index (χ2n) is 12.1. The third-order valence-corrected chi connectivity index (χ3v) is 9.63. The maximum absolute atomic E-state index is 13.7. The van der Waals surface area contributed by atoms with Gasteiger partial charge in [-0.2, -0.15) is 5.26 Å². The number of carbonyl (C=O) groups is 1. The zero-order valence-electron chi connectivity index (χ0n) is 27.4. The van der Waals surface area contributed by atoms with Crippen LogP contribution in [0.25, 0.3) is 22.5 Å². The lowest BCUT2D eigenvalue weighted by atomic mass is 9.90. The van der Waals surface area contributed by atoms with Gasteiger partial charge in [0.2, 0.25) is 5.95 Å². The molecule has 0 radical (unpaired) electrons. The van der Waals surface area contributed by atoms with Crippen LogP contribution in [0, 0.1) is 11.3 Å². The van der Waals surface area contributed by atoms with E-state index in [-0.39, 0.29) is 40.4 Å². The first-order valence-electron chi connectivity index (χ1n) is 15.9. The van der Waals surface area contributed by atoms with Crippen LogP contribution in [0.5, 0.6) is 0 Å². The summed E-state index contributed by atoms with van der Waals surface area (Å²) in [5.41, 5.74) is 3.44. The summed E-state index contributed by atoms with van der Waals surface area (Å²) in [7, 11) is -1.84. The fourth-order valence-electron chi connectivity index (χ4n) is 5.83. The quantitative estimate of drug-likeness (QED) is 0.217. The summed E-state index contributed by atoms with van der Waals surface area (Å²) in [5.74, 6) is 0.293. The molecule has 4 aromatic heterocycles. The van der Waals surface area contributed by atoms with Crippen LogP contribution in [-0.2, 0) is 28.2 Å². The van der Waals surface area contributed by atoms with E-state index in [1.807, 2.05) is 42.5 Å². The average Bonchev–Trinajstić information content (AvgIpc) is 3.13. The van der Waals surface area contributed by atoms with Crippen LogP contribution in [0.15, 0.2) is 101 Å². The number of benzene rings is 1. The van der Waals surface area contributed by atoms with Gasteiger partial charge in [0.15, 0.2) is 9.84 Å². The number of pyridine rings is 3. The molecule has 50 heavy (non-hydrogen) atoms. The highest BCUT2D eigenvalue weighted by atomic mass is 32.2. The van der Waals surface area contributed by atoms with Crippen LogP contribution in [0.1, 0.15) is 36.8 Å². The number of amides is 1. The number of nitrogens with one attached hydrogen (secondary N) is 1. The molecule has 1 N–H and O–H groups in total. The van der Waals surface area contributed by atoms with Gasteiger partial charge in [-0.1, -0.05) is 30.3 Å². The molecule has 0 bridgehead atoms. The summed E-state index contributed by atoms with van der Waals surface area (Å²) in [6, 6.07) is 19.7. The molecular formula is C36H34N8O5S. The lowest BCUT2D eigenvalue weighted by molar-refractivity contribution is 0.142. The molecule has 1 aliphatic rings. The van der Waals surface area contributed by atoms with Crippen molar-refractivity contribution in [1.82, 2.24) is 24.5 Å². The van der Waals surface area contributed by atoms with Crippen molar-refractivity contribution in [2.75, 3.05) is 16.5 Å². The number of anilines is 2. The third-order valence-electron chi connectivity index (χ3n) is 8.55. The van der Waals surface area contributed by atoms with Crippen molar-refractivity contribution in [1.29, 1.82) is 5.26 Å². The maximum Gasteiger partial charge on any atom is 0.414 e. The lowest BCUT2D eigenvalue weighted by Gasteiger charge is -2.36. The summed E-state index contributed by atoms with van der Waals surface area (Å²) >= 11 is 0. The molecule has 254 valence electrons. The molecular weight excluding hydrogens is 657 g/mol. The number of carbonyl (C=O) groups excluding carboxylic acids is 1. The molecule has 0 spiro atoms. The zero-order valence-corrected chi connectivity index (χ0v) is 28.2. The predicted octanol–water partition coefficient (Wildman–Crippen LogP) is 5.14. The molecule has 1 fully saturated rings. The van der Waals surface area contributed by atoms with E-state index in [9.17, 15) is 23.3 Å². The minimum Gasteiger partial charge on any atom is -0.444 e. The van der Waals surface area contributed by atoms with Crippen molar-refractivity contribution < 1.29 is 17.9 Å². The molecule has 6 rings (SSSR count). The number of hydrogen-bond acceptors (Lipinski definition) is 11. The molecule has 0 unspecified atom stereocenters. The summed E-state index contributed by atoms with van der Waals surface area (Å²) in [4.78, 5) is 45.1. The van der Waals surface area contributed by atoms with Gasteiger partial charge in [0.25, 0.3) is 5.56 Å². The van der Waals surface area contributed by atoms with Crippen LogP contribution in [-0.4, -0.2) is 57.4 Å². The van der Waals surface area contributed by atoms with E-state index < -0.39 is 15.9 Å². The van der Waals surface area contributed by atoms with E-state index in [0.29, 0.717) is 54.1 Å². The topological polar surface area (TPSA) is 173 Å². The van der Waals surface area contributed by atoms with Gasteiger partial charge < -0.3 is 14.6 Å². The second kappa shape index (κ2) is 14.7. The number of hydrogen-bond donors (Lipinski definition) is 1. The minimum atomic E-state index is -3.52. The van der Waals surface area contributed by atoms with Gasteiger partial charge in [-0.25, -0.2) is 23.2 Å². The third kappa shape index (κ3) is 7.85. The van der Waals surface area contributed by atoms with Crippen molar-refractivity contribution in [2.24, 2.45) is 7.05 Å². The van der Waals surface area contributed by atoms with Gasteiger partial charge in [0.05, 0.1) is 39.9 Å². The molecule has 0 saturated heterocycles. The Morgan fingerprint density at radius 1 is 1.00 bits per heavy atom. The summed E-state index contributed by atoms with van der Waals surface area (Å²) in [6.45, 7) is 0.118. The number of nitriles is 1. The first kappa shape index (κ1) is 33.9. The van der Waals surface area contributed by atoms with Crippen molar-refractivity contribution in [3.05, 3.63) is 113 Å². The summed E-state index contributed by atoms with van der Waals surface area (Å²) in [6.07, 6.45) is 10.7. The molecule has 14 heteroatoms. The Labute approximate surface area is 289 Å². The van der Waals surface area contributed by atoms with Crippen LogP contribution in [0.4, 0.5) is 16.4 Å². The van der Waals surface area contributed by atoms with Crippen LogP contribution >= 0.6 is 0 Å². The maximum atomic E-state index is 13.7. The lowest BCUT2D eigenvalue weighted by Crippen LogP contribution is -2.44. The van der Waals surface area contributed by atoms with Gasteiger partial charge in [0.1, 0.15) is 12.7 Å². The predicted molar refractivity (Wildman–Crippen MR) is 187 cm³/mol. The van der Waals surface area contributed by atoms with Crippen molar-refractivity contribution >= 4 is 27.6 Å². The Kier molecular flexibility index (Phi) is 9.96. The number of aromatic nitrogens is 5. The van der Waals surface area contributed by atoms with E-state index in [1.54, 1.807) is 30.4 Å². The molecule has 1 amide bonds. The number of sulfone groups is 1. The Balaban J connectivity index is 1.19. The molecule has 4 heterocycles. The second-order valence-corrected chi connectivity index (χ2v) is 14.1. The molecule has 1 aromatic carbocycles. The van der Waals surface area contributed by atoms with Gasteiger partial charge in [-0.05, 0) is 55.5 Å². The number of rotatable bonds is 9. The highest BCUT2D eigenvalue weighted by Gasteiger charge is 2.32. The normalized spacial score (nSPS) is 15.9. The molecule has 5 aromatic rings. The zero-order chi connectivity index (χ0) is 35.3. The Hall–Kier alpha value is -5.94. The standard InChI is InChI=1S/C36H34N8O5S/c1-43-15-14-25(17-33(43)45)32-13-12-30(21-39-32)44(36(46)49-23-24-6-4-3-5-7-24)29-10-8-28(9-11-29)41-35-40-20-27(18-37)34(42-35)26-16-31(22-38-19-26)50(2,47)48/h3-7,12-17,19-22,28-29H,8-11,23H2,1-2H3,(H,40,41,42). The van der Waals surface area contributed by atoms with E-state index in [1.165, 1.54) is 35.3 Å². The highest BCUT2D eigenvalue weighted by Crippen LogP contribution is 2.31. The number of nitrogens with zero attached hydrogens (tertiary/aromatic N) is 7. The Bertz CT molecular complexity index is 2210. The molecule has 13 nitrogen and oxygen atoms in total. The fraction of sp³-hybridized carbons (Fsp3) is 0.250. The highest BCUT2D eigenvalue weighted by molar-refractivity contribution is 7.90. The van der Waals surface area contributed by atoms with E-state index in [4.69, 9.17) is 4.74 Å².